The molecular formula is C21H40N6O6. The van der Waals surface area contributed by atoms with E-state index in [1.165, 1.54) is 0 Å². The van der Waals surface area contributed by atoms with E-state index >= 15 is 0 Å². The van der Waals surface area contributed by atoms with Crippen molar-refractivity contribution in [1.29, 1.82) is 0 Å². The van der Waals surface area contributed by atoms with Crippen molar-refractivity contribution in [3.63, 3.8) is 0 Å². The lowest BCUT2D eigenvalue weighted by molar-refractivity contribution is -0.144. The summed E-state index contributed by atoms with van der Waals surface area (Å²) in [5.41, 5.74) is 16.5. The molecule has 5 atom stereocenters. The number of carboxylic acid groups (broad SMARTS) is 1. The average molecular weight is 473 g/mol. The summed E-state index contributed by atoms with van der Waals surface area (Å²) < 4.78 is 0. The van der Waals surface area contributed by atoms with Crippen LogP contribution in [0.4, 0.5) is 0 Å². The number of aliphatic carboxylic acids is 1. The topological polar surface area (TPSA) is 220 Å². The van der Waals surface area contributed by atoms with Crippen LogP contribution in [0, 0.1) is 11.8 Å². The van der Waals surface area contributed by atoms with Crippen LogP contribution in [0.2, 0.25) is 0 Å². The summed E-state index contributed by atoms with van der Waals surface area (Å²) in [7, 11) is 0. The first-order valence-corrected chi connectivity index (χ1v) is 11.2. The third-order valence-electron chi connectivity index (χ3n) is 5.37. The zero-order valence-electron chi connectivity index (χ0n) is 19.9. The van der Waals surface area contributed by atoms with Gasteiger partial charge in [0, 0.05) is 0 Å². The van der Waals surface area contributed by atoms with Gasteiger partial charge in [0.2, 0.25) is 23.6 Å². The first-order chi connectivity index (χ1) is 15.3. The molecule has 0 aliphatic heterocycles. The lowest BCUT2D eigenvalue weighted by atomic mass is 9.97. The Balaban J connectivity index is 5.40. The number of carbonyl (C=O) groups excluding carboxylic acids is 4. The molecule has 0 spiro atoms. The third kappa shape index (κ3) is 11.1. The zero-order valence-corrected chi connectivity index (χ0v) is 19.9. The highest BCUT2D eigenvalue weighted by Crippen LogP contribution is 2.10. The lowest BCUT2D eigenvalue weighted by Gasteiger charge is -2.28. The maximum absolute atomic E-state index is 12.8. The molecule has 0 aromatic heterocycles. The lowest BCUT2D eigenvalue weighted by Crippen LogP contribution is -2.59. The largest absolute Gasteiger partial charge is 0.480 e. The monoisotopic (exact) mass is 472 g/mol. The summed E-state index contributed by atoms with van der Waals surface area (Å²) in [5.74, 6) is -4.90. The molecule has 0 aliphatic rings. The quantitative estimate of drug-likeness (QED) is 0.131. The molecule has 0 fully saturated rings. The van der Waals surface area contributed by atoms with Crippen molar-refractivity contribution in [2.75, 3.05) is 6.54 Å². The van der Waals surface area contributed by atoms with E-state index in [0.29, 0.717) is 32.2 Å². The molecule has 4 amide bonds. The molecule has 33 heavy (non-hydrogen) atoms. The molecule has 0 radical (unpaired) electrons. The van der Waals surface area contributed by atoms with E-state index in [-0.39, 0.29) is 5.92 Å². The molecule has 0 saturated heterocycles. The standard InChI is InChI=1S/C21H40N6O6/c1-5-12(4)17(21(32)33)27-20(31)16(11(2)3)26-19(30)14(10-15(24)28)25-18(29)13(23)8-6-7-9-22/h11-14,16-17H,5-10,22-23H2,1-4H3,(H2,24,28)(H,25,29)(H,26,30)(H,27,31)(H,32,33). The highest BCUT2D eigenvalue weighted by Gasteiger charge is 2.33. The Kier molecular flexibility index (Phi) is 13.9. The van der Waals surface area contributed by atoms with Gasteiger partial charge in [-0.15, -0.1) is 0 Å². The van der Waals surface area contributed by atoms with Crippen LogP contribution >= 0.6 is 0 Å². The van der Waals surface area contributed by atoms with Crippen molar-refractivity contribution >= 4 is 29.6 Å². The molecule has 12 heteroatoms. The first-order valence-electron chi connectivity index (χ1n) is 11.2. The van der Waals surface area contributed by atoms with Crippen LogP contribution in [0.25, 0.3) is 0 Å². The number of carbonyl (C=O) groups is 5. The molecule has 190 valence electrons. The number of rotatable bonds is 16. The van der Waals surface area contributed by atoms with Gasteiger partial charge < -0.3 is 38.3 Å². The number of primary amides is 1. The van der Waals surface area contributed by atoms with Crippen molar-refractivity contribution in [1.82, 2.24) is 16.0 Å². The number of nitrogens with two attached hydrogens (primary N) is 3. The molecule has 0 aromatic carbocycles. The van der Waals surface area contributed by atoms with E-state index in [0.717, 1.165) is 0 Å². The highest BCUT2D eigenvalue weighted by molar-refractivity contribution is 5.96. The van der Waals surface area contributed by atoms with Gasteiger partial charge >= 0.3 is 5.97 Å². The van der Waals surface area contributed by atoms with Gasteiger partial charge in [0.15, 0.2) is 0 Å². The van der Waals surface area contributed by atoms with Gasteiger partial charge in [-0.05, 0) is 31.2 Å². The van der Waals surface area contributed by atoms with Gasteiger partial charge in [-0.25, -0.2) is 4.79 Å². The number of unbranched alkanes of at least 4 members (excludes halogenated alkanes) is 1. The Hall–Kier alpha value is -2.73. The molecule has 0 saturated carbocycles. The molecule has 0 aromatic rings. The Morgan fingerprint density at radius 1 is 0.879 bits per heavy atom. The minimum Gasteiger partial charge on any atom is -0.480 e. The highest BCUT2D eigenvalue weighted by atomic mass is 16.4. The fourth-order valence-electron chi connectivity index (χ4n) is 3.04. The summed E-state index contributed by atoms with van der Waals surface area (Å²) in [5, 5.41) is 16.8. The van der Waals surface area contributed by atoms with Crippen LogP contribution in [0.3, 0.4) is 0 Å². The van der Waals surface area contributed by atoms with E-state index in [1.807, 2.05) is 0 Å². The molecule has 12 nitrogen and oxygen atoms in total. The van der Waals surface area contributed by atoms with Crippen LogP contribution in [0.15, 0.2) is 0 Å². The number of amides is 4. The van der Waals surface area contributed by atoms with Crippen molar-refractivity contribution in [3.05, 3.63) is 0 Å². The van der Waals surface area contributed by atoms with E-state index in [9.17, 15) is 29.1 Å². The Morgan fingerprint density at radius 2 is 1.45 bits per heavy atom. The number of nitrogens with one attached hydrogen (secondary N) is 3. The van der Waals surface area contributed by atoms with Crippen LogP contribution < -0.4 is 33.2 Å². The third-order valence-corrected chi connectivity index (χ3v) is 5.37. The molecule has 0 bridgehead atoms. The predicted molar refractivity (Wildman–Crippen MR) is 122 cm³/mol. The molecule has 0 aliphatic carbocycles. The SMILES string of the molecule is CCC(C)C(NC(=O)C(NC(=O)C(CC(N)=O)NC(=O)C(N)CCCCN)C(C)C)C(=O)O. The van der Waals surface area contributed by atoms with Gasteiger partial charge in [-0.2, -0.15) is 0 Å². The van der Waals surface area contributed by atoms with E-state index in [2.05, 4.69) is 16.0 Å². The van der Waals surface area contributed by atoms with Crippen molar-refractivity contribution in [3.8, 4) is 0 Å². The second kappa shape index (κ2) is 15.2. The fraction of sp³-hybridized carbons (Fsp3) is 0.762. The smallest absolute Gasteiger partial charge is 0.326 e. The maximum Gasteiger partial charge on any atom is 0.326 e. The van der Waals surface area contributed by atoms with Gasteiger partial charge in [-0.1, -0.05) is 40.5 Å². The van der Waals surface area contributed by atoms with E-state index in [1.54, 1.807) is 27.7 Å². The van der Waals surface area contributed by atoms with Crippen molar-refractivity contribution in [2.45, 2.75) is 84.0 Å². The zero-order chi connectivity index (χ0) is 25.7. The predicted octanol–water partition coefficient (Wildman–Crippen LogP) is -1.44. The number of hydrogen-bond acceptors (Lipinski definition) is 7. The van der Waals surface area contributed by atoms with Gasteiger partial charge in [0.25, 0.3) is 0 Å². The van der Waals surface area contributed by atoms with Crippen molar-refractivity contribution in [2.24, 2.45) is 29.0 Å². The first kappa shape index (κ1) is 30.3. The summed E-state index contributed by atoms with van der Waals surface area (Å²) in [4.78, 5) is 61.0. The van der Waals surface area contributed by atoms with Gasteiger partial charge in [0.05, 0.1) is 12.5 Å². The van der Waals surface area contributed by atoms with Crippen LogP contribution in [0.1, 0.15) is 59.8 Å². The number of carboxylic acids is 1. The Bertz CT molecular complexity index is 686. The van der Waals surface area contributed by atoms with E-state index < -0.39 is 66.1 Å². The van der Waals surface area contributed by atoms with Crippen LogP contribution in [-0.2, 0) is 24.0 Å². The fourth-order valence-corrected chi connectivity index (χ4v) is 3.04. The van der Waals surface area contributed by atoms with Crippen LogP contribution in [-0.4, -0.2) is 65.4 Å². The van der Waals surface area contributed by atoms with Gasteiger partial charge in [0.1, 0.15) is 18.1 Å². The minimum absolute atomic E-state index is 0.336. The summed E-state index contributed by atoms with van der Waals surface area (Å²) >= 11 is 0. The molecule has 10 N–H and O–H groups in total. The number of hydrogen-bond donors (Lipinski definition) is 7. The Labute approximate surface area is 194 Å². The van der Waals surface area contributed by atoms with E-state index in [4.69, 9.17) is 17.2 Å². The molecular weight excluding hydrogens is 432 g/mol. The maximum atomic E-state index is 12.8. The summed E-state index contributed by atoms with van der Waals surface area (Å²) in [6, 6.07) is -4.48. The van der Waals surface area contributed by atoms with Crippen molar-refractivity contribution < 1.29 is 29.1 Å². The average Bonchev–Trinajstić information content (AvgIpc) is 2.73. The van der Waals surface area contributed by atoms with Crippen LogP contribution in [0.5, 0.6) is 0 Å². The van der Waals surface area contributed by atoms with Gasteiger partial charge in [-0.3, -0.25) is 19.2 Å². The molecule has 5 unspecified atom stereocenters. The molecule has 0 rings (SSSR count). The second-order valence-electron chi connectivity index (χ2n) is 8.56. The normalized spacial score (nSPS) is 15.6. The Morgan fingerprint density at radius 3 is 1.91 bits per heavy atom. The summed E-state index contributed by atoms with van der Waals surface area (Å²) in [6.07, 6.45) is 1.68. The summed E-state index contributed by atoms with van der Waals surface area (Å²) in [6.45, 7) is 7.28. The minimum atomic E-state index is -1.34. The molecule has 0 heterocycles. The second-order valence-corrected chi connectivity index (χ2v) is 8.56.